The quantitative estimate of drug-likeness (QED) is 0.641. The molecule has 1 amide bonds. The Morgan fingerprint density at radius 2 is 2.00 bits per heavy atom. The van der Waals surface area contributed by atoms with E-state index in [1.54, 1.807) is 0 Å². The third-order valence-electron chi connectivity index (χ3n) is 3.95. The van der Waals surface area contributed by atoms with Crippen LogP contribution in [-0.4, -0.2) is 33.7 Å². The van der Waals surface area contributed by atoms with Crippen LogP contribution in [0.2, 0.25) is 0 Å². The summed E-state index contributed by atoms with van der Waals surface area (Å²) in [6.45, 7) is 3.09. The van der Waals surface area contributed by atoms with Gasteiger partial charge in [-0.25, -0.2) is 0 Å². The summed E-state index contributed by atoms with van der Waals surface area (Å²) >= 11 is 0. The highest BCUT2D eigenvalue weighted by molar-refractivity contribution is 5.75. The van der Waals surface area contributed by atoms with E-state index in [0.717, 1.165) is 22.8 Å². The second kappa shape index (κ2) is 8.28. The van der Waals surface area contributed by atoms with Crippen LogP contribution in [0.15, 0.2) is 48.7 Å². The molecule has 3 aromatic rings. The lowest BCUT2D eigenvalue weighted by atomic mass is 10.2. The van der Waals surface area contributed by atoms with Gasteiger partial charge in [0.1, 0.15) is 11.6 Å². The van der Waals surface area contributed by atoms with Crippen molar-refractivity contribution in [3.63, 3.8) is 0 Å². The van der Waals surface area contributed by atoms with E-state index in [2.05, 4.69) is 15.5 Å². The van der Waals surface area contributed by atoms with Gasteiger partial charge in [-0.2, -0.15) is 0 Å². The SMILES string of the molecule is Cc1ccccc1OCCCC(=O)NCCc1nnc2ccccn12. The second-order valence-corrected chi connectivity index (χ2v) is 5.86. The molecule has 0 saturated carbocycles. The molecule has 0 unspecified atom stereocenters. The van der Waals surface area contributed by atoms with Crippen LogP contribution in [0, 0.1) is 6.92 Å². The van der Waals surface area contributed by atoms with Gasteiger partial charge in [0.05, 0.1) is 6.61 Å². The summed E-state index contributed by atoms with van der Waals surface area (Å²) in [5.41, 5.74) is 1.92. The van der Waals surface area contributed by atoms with E-state index in [0.29, 0.717) is 32.4 Å². The van der Waals surface area contributed by atoms with E-state index in [1.165, 1.54) is 0 Å². The molecule has 0 aliphatic carbocycles. The van der Waals surface area contributed by atoms with E-state index in [1.807, 2.05) is 60.0 Å². The van der Waals surface area contributed by atoms with Crippen LogP contribution in [0.5, 0.6) is 5.75 Å². The number of para-hydroxylation sites is 1. The Labute approximate surface area is 146 Å². The highest BCUT2D eigenvalue weighted by Gasteiger charge is 2.06. The summed E-state index contributed by atoms with van der Waals surface area (Å²) < 4.78 is 7.63. The van der Waals surface area contributed by atoms with E-state index in [-0.39, 0.29) is 5.91 Å². The molecular weight excluding hydrogens is 316 g/mol. The van der Waals surface area contributed by atoms with Gasteiger partial charge in [0.15, 0.2) is 5.65 Å². The number of benzene rings is 1. The van der Waals surface area contributed by atoms with Gasteiger partial charge in [-0.05, 0) is 37.1 Å². The third-order valence-corrected chi connectivity index (χ3v) is 3.95. The summed E-state index contributed by atoms with van der Waals surface area (Å²) in [6, 6.07) is 13.6. The number of ether oxygens (including phenoxy) is 1. The predicted molar refractivity (Wildman–Crippen MR) is 95.6 cm³/mol. The molecule has 0 atom stereocenters. The van der Waals surface area contributed by atoms with Crippen molar-refractivity contribution in [2.24, 2.45) is 0 Å². The lowest BCUT2D eigenvalue weighted by molar-refractivity contribution is -0.121. The number of nitrogens with one attached hydrogen (secondary N) is 1. The normalized spacial score (nSPS) is 10.8. The van der Waals surface area contributed by atoms with Crippen LogP contribution in [-0.2, 0) is 11.2 Å². The van der Waals surface area contributed by atoms with Gasteiger partial charge < -0.3 is 10.1 Å². The maximum atomic E-state index is 11.9. The number of aryl methyl sites for hydroxylation is 1. The molecule has 0 aliphatic rings. The maximum Gasteiger partial charge on any atom is 0.220 e. The molecular formula is C19H22N4O2. The first-order valence-corrected chi connectivity index (χ1v) is 8.48. The number of hydrogen-bond acceptors (Lipinski definition) is 4. The number of amides is 1. The predicted octanol–water partition coefficient (Wildman–Crippen LogP) is 2.56. The fraction of sp³-hybridized carbons (Fsp3) is 0.316. The Hall–Kier alpha value is -2.89. The smallest absolute Gasteiger partial charge is 0.220 e. The van der Waals surface area contributed by atoms with Gasteiger partial charge in [-0.1, -0.05) is 24.3 Å². The van der Waals surface area contributed by atoms with Crippen LogP contribution >= 0.6 is 0 Å². The number of fused-ring (bicyclic) bond motifs is 1. The molecule has 0 spiro atoms. The molecule has 3 rings (SSSR count). The van der Waals surface area contributed by atoms with Crippen LogP contribution < -0.4 is 10.1 Å². The standard InChI is InChI=1S/C19H22N4O2/c1-15-7-2-3-8-16(15)25-14-6-10-19(24)20-12-11-18-22-21-17-9-4-5-13-23(17)18/h2-5,7-9,13H,6,10-12,14H2,1H3,(H,20,24). The average Bonchev–Trinajstić information content (AvgIpc) is 3.03. The lowest BCUT2D eigenvalue weighted by Crippen LogP contribution is -2.26. The van der Waals surface area contributed by atoms with Gasteiger partial charge in [0.2, 0.25) is 5.91 Å². The number of aromatic nitrogens is 3. The minimum Gasteiger partial charge on any atom is -0.493 e. The molecule has 2 heterocycles. The zero-order valence-corrected chi connectivity index (χ0v) is 14.3. The van der Waals surface area contributed by atoms with E-state index in [4.69, 9.17) is 4.74 Å². The Morgan fingerprint density at radius 3 is 2.88 bits per heavy atom. The molecule has 0 saturated heterocycles. The molecule has 130 valence electrons. The van der Waals surface area contributed by atoms with Crippen LogP contribution in [0.3, 0.4) is 0 Å². The summed E-state index contributed by atoms with van der Waals surface area (Å²) in [4.78, 5) is 11.9. The van der Waals surface area contributed by atoms with Crippen molar-refractivity contribution in [3.05, 3.63) is 60.0 Å². The molecule has 1 aromatic carbocycles. The first-order chi connectivity index (χ1) is 12.2. The topological polar surface area (TPSA) is 68.5 Å². The molecule has 0 bridgehead atoms. The molecule has 25 heavy (non-hydrogen) atoms. The summed E-state index contributed by atoms with van der Waals surface area (Å²) in [6.07, 6.45) is 3.71. The van der Waals surface area contributed by atoms with E-state index in [9.17, 15) is 4.79 Å². The number of nitrogens with zero attached hydrogens (tertiary/aromatic N) is 3. The Kier molecular flexibility index (Phi) is 5.61. The molecule has 2 aromatic heterocycles. The average molecular weight is 338 g/mol. The highest BCUT2D eigenvalue weighted by Crippen LogP contribution is 2.16. The van der Waals surface area contributed by atoms with Crippen LogP contribution in [0.25, 0.3) is 5.65 Å². The second-order valence-electron chi connectivity index (χ2n) is 5.86. The lowest BCUT2D eigenvalue weighted by Gasteiger charge is -2.09. The number of hydrogen-bond donors (Lipinski definition) is 1. The number of carbonyl (C=O) groups excluding carboxylic acids is 1. The van der Waals surface area contributed by atoms with E-state index < -0.39 is 0 Å². The minimum atomic E-state index is 0.0298. The van der Waals surface area contributed by atoms with E-state index >= 15 is 0 Å². The van der Waals surface area contributed by atoms with Crippen LogP contribution in [0.4, 0.5) is 0 Å². The number of rotatable bonds is 8. The molecule has 0 fully saturated rings. The summed E-state index contributed by atoms with van der Waals surface area (Å²) in [5, 5.41) is 11.2. The zero-order chi connectivity index (χ0) is 17.5. The maximum absolute atomic E-state index is 11.9. The fourth-order valence-electron chi connectivity index (χ4n) is 2.60. The summed E-state index contributed by atoms with van der Waals surface area (Å²) in [7, 11) is 0. The minimum absolute atomic E-state index is 0.0298. The molecule has 1 N–H and O–H groups in total. The van der Waals surface area contributed by atoms with Gasteiger partial charge in [-0.3, -0.25) is 9.20 Å². The van der Waals surface area contributed by atoms with Gasteiger partial charge in [0, 0.05) is 25.6 Å². The van der Waals surface area contributed by atoms with Crippen molar-refractivity contribution in [1.29, 1.82) is 0 Å². The van der Waals surface area contributed by atoms with Crippen molar-refractivity contribution < 1.29 is 9.53 Å². The molecule has 6 heteroatoms. The van der Waals surface area contributed by atoms with Crippen LogP contribution in [0.1, 0.15) is 24.2 Å². The molecule has 6 nitrogen and oxygen atoms in total. The Morgan fingerprint density at radius 1 is 1.16 bits per heavy atom. The first kappa shape index (κ1) is 17.0. The highest BCUT2D eigenvalue weighted by atomic mass is 16.5. The summed E-state index contributed by atoms with van der Waals surface area (Å²) in [5.74, 6) is 1.75. The van der Waals surface area contributed by atoms with Gasteiger partial charge in [-0.15, -0.1) is 10.2 Å². The first-order valence-electron chi connectivity index (χ1n) is 8.48. The van der Waals surface area contributed by atoms with Gasteiger partial charge in [0.25, 0.3) is 0 Å². The largest absolute Gasteiger partial charge is 0.493 e. The number of pyridine rings is 1. The third kappa shape index (κ3) is 4.56. The van der Waals surface area contributed by atoms with Crippen molar-refractivity contribution in [2.75, 3.05) is 13.2 Å². The molecule has 0 radical (unpaired) electrons. The van der Waals surface area contributed by atoms with Crippen molar-refractivity contribution >= 4 is 11.6 Å². The number of carbonyl (C=O) groups is 1. The van der Waals surface area contributed by atoms with Crippen molar-refractivity contribution in [3.8, 4) is 5.75 Å². The fourth-order valence-corrected chi connectivity index (χ4v) is 2.60. The Balaban J connectivity index is 1.35. The Bertz CT molecular complexity index is 844. The zero-order valence-electron chi connectivity index (χ0n) is 14.3. The van der Waals surface area contributed by atoms with Crippen molar-refractivity contribution in [1.82, 2.24) is 19.9 Å². The van der Waals surface area contributed by atoms with Gasteiger partial charge >= 0.3 is 0 Å². The molecule has 0 aliphatic heterocycles. The monoisotopic (exact) mass is 338 g/mol. The van der Waals surface area contributed by atoms with Crippen molar-refractivity contribution in [2.45, 2.75) is 26.2 Å².